The fraction of sp³-hybridized carbons (Fsp3) is 0.452. The lowest BCUT2D eigenvalue weighted by Crippen LogP contribution is -2.40. The summed E-state index contributed by atoms with van der Waals surface area (Å²) in [5.41, 5.74) is 3.54. The van der Waals surface area contributed by atoms with Crippen LogP contribution in [0.25, 0.3) is 11.6 Å². The van der Waals surface area contributed by atoms with E-state index in [0.717, 1.165) is 46.9 Å². The smallest absolute Gasteiger partial charge is 0.293 e. The zero-order valence-corrected chi connectivity index (χ0v) is 25.2. The van der Waals surface area contributed by atoms with Crippen molar-refractivity contribution < 1.29 is 14.6 Å². The maximum absolute atomic E-state index is 11.4. The summed E-state index contributed by atoms with van der Waals surface area (Å²) in [4.78, 5) is 20.7. The number of piperazine rings is 1. The fourth-order valence-corrected chi connectivity index (χ4v) is 4.62. The van der Waals surface area contributed by atoms with Gasteiger partial charge >= 0.3 is 0 Å². The number of carbonyl (C=O) groups is 1. The van der Waals surface area contributed by atoms with Gasteiger partial charge in [-0.1, -0.05) is 23.7 Å². The number of likely N-dealkylation sites (N-methyl/N-ethyl adjacent to an activating group) is 1. The van der Waals surface area contributed by atoms with E-state index in [2.05, 4.69) is 32.0 Å². The highest BCUT2D eigenvalue weighted by Crippen LogP contribution is 2.38. The summed E-state index contributed by atoms with van der Waals surface area (Å²) in [6.07, 6.45) is 8.19. The molecule has 1 saturated heterocycles. The molecule has 0 saturated carbocycles. The highest BCUT2D eigenvalue weighted by Gasteiger charge is 2.31. The Morgan fingerprint density at radius 1 is 1.12 bits per heavy atom. The van der Waals surface area contributed by atoms with Crippen molar-refractivity contribution in [2.45, 2.75) is 58.8 Å². The first-order valence-corrected chi connectivity index (χ1v) is 13.9. The van der Waals surface area contributed by atoms with Crippen LogP contribution in [0.3, 0.4) is 0 Å². The third-order valence-electron chi connectivity index (χ3n) is 6.67. The van der Waals surface area contributed by atoms with Crippen LogP contribution in [0.4, 0.5) is 0 Å². The summed E-state index contributed by atoms with van der Waals surface area (Å²) in [5.74, 6) is 0.868. The molecular formula is C31H42ClN5O3. The monoisotopic (exact) mass is 567 g/mol. The van der Waals surface area contributed by atoms with E-state index in [1.54, 1.807) is 12.4 Å². The summed E-state index contributed by atoms with van der Waals surface area (Å²) >= 11 is 6.28. The number of rotatable bonds is 4. The first-order valence-electron chi connectivity index (χ1n) is 13.6. The van der Waals surface area contributed by atoms with Crippen LogP contribution >= 0.6 is 11.6 Å². The molecule has 2 aromatic heterocycles. The Hall–Kier alpha value is -3.04. The molecule has 2 aliphatic rings. The average Bonchev–Trinajstić information content (AvgIpc) is 3.19. The number of carbonyl (C=O) groups excluding carboxylic acids is 1. The number of ether oxygens (including phenoxy) is 1. The molecule has 5 rings (SSSR count). The summed E-state index contributed by atoms with van der Waals surface area (Å²) in [6, 6.07) is 9.80. The number of hydrogen-bond donors (Lipinski definition) is 2. The minimum Gasteiger partial charge on any atom is -0.462 e. The number of aromatic nitrogens is 3. The van der Waals surface area contributed by atoms with Crippen molar-refractivity contribution in [1.82, 2.24) is 24.8 Å². The number of benzene rings is 1. The number of pyridine rings is 1. The fourth-order valence-electron chi connectivity index (χ4n) is 4.45. The molecule has 1 aromatic carbocycles. The van der Waals surface area contributed by atoms with E-state index in [0.29, 0.717) is 24.5 Å². The standard InChI is InChI=1S/C21H20ClN3O.C5H12N2.C5H10O2/c1-14-23-8-9-25(14)13-21(2,26)19-10-16-4-3-7-24-20(16)11-15-5-6-17(22)12-18(15)19;1-7-4-2-6-3-5-7;1-5(2,3)7-4-6/h3-10,12,26H,11,13H2,1-2H3;6H,2-5H2,1H3;4H,1-3H3. The van der Waals surface area contributed by atoms with Gasteiger partial charge in [-0.3, -0.25) is 9.78 Å². The van der Waals surface area contributed by atoms with Gasteiger partial charge < -0.3 is 24.6 Å². The SMILES string of the molecule is CC(C)(C)OC=O.CN1CCNCC1.Cc1nccn1CC(C)(O)C1=Cc2cccnc2Cc2ccc(Cl)cc21. The van der Waals surface area contributed by atoms with Crippen molar-refractivity contribution in [3.63, 3.8) is 0 Å². The number of imidazole rings is 1. The molecule has 1 fully saturated rings. The second-order valence-electron chi connectivity index (χ2n) is 11.3. The number of nitrogens with zero attached hydrogens (tertiary/aromatic N) is 4. The van der Waals surface area contributed by atoms with Crippen molar-refractivity contribution >= 4 is 29.7 Å². The summed E-state index contributed by atoms with van der Waals surface area (Å²) in [5, 5.41) is 15.4. The number of halogens is 1. The van der Waals surface area contributed by atoms with E-state index < -0.39 is 5.60 Å². The van der Waals surface area contributed by atoms with Gasteiger partial charge in [-0.2, -0.15) is 0 Å². The molecule has 9 heteroatoms. The van der Waals surface area contributed by atoms with Crippen molar-refractivity contribution in [2.24, 2.45) is 0 Å². The number of hydrogen-bond acceptors (Lipinski definition) is 7. The van der Waals surface area contributed by atoms with Crippen LogP contribution < -0.4 is 5.32 Å². The average molecular weight is 568 g/mol. The Bertz CT molecular complexity index is 1290. The molecule has 0 spiro atoms. The molecule has 216 valence electrons. The number of fused-ring (bicyclic) bond motifs is 2. The lowest BCUT2D eigenvalue weighted by atomic mass is 9.86. The normalized spacial score (nSPS) is 16.4. The van der Waals surface area contributed by atoms with E-state index in [9.17, 15) is 9.90 Å². The second-order valence-corrected chi connectivity index (χ2v) is 11.8. The van der Waals surface area contributed by atoms with Crippen LogP contribution in [0.5, 0.6) is 0 Å². The first-order chi connectivity index (χ1) is 18.9. The molecule has 1 aliphatic carbocycles. The Morgan fingerprint density at radius 2 is 1.85 bits per heavy atom. The van der Waals surface area contributed by atoms with Crippen LogP contribution in [-0.4, -0.2) is 75.4 Å². The van der Waals surface area contributed by atoms with Crippen LogP contribution in [0.1, 0.15) is 55.9 Å². The van der Waals surface area contributed by atoms with Gasteiger partial charge in [0.25, 0.3) is 6.47 Å². The Kier molecular flexibility index (Phi) is 11.0. The van der Waals surface area contributed by atoms with Crippen LogP contribution in [-0.2, 0) is 22.5 Å². The largest absolute Gasteiger partial charge is 0.462 e. The quantitative estimate of drug-likeness (QED) is 0.445. The lowest BCUT2D eigenvalue weighted by molar-refractivity contribution is -0.138. The van der Waals surface area contributed by atoms with E-state index in [4.69, 9.17) is 11.6 Å². The molecule has 1 atom stereocenters. The van der Waals surface area contributed by atoms with E-state index in [1.807, 2.05) is 81.8 Å². The minimum atomic E-state index is -1.09. The molecular weight excluding hydrogens is 526 g/mol. The molecule has 8 nitrogen and oxygen atoms in total. The van der Waals surface area contributed by atoms with E-state index >= 15 is 0 Å². The van der Waals surface area contributed by atoms with E-state index in [1.165, 1.54) is 13.1 Å². The predicted molar refractivity (Wildman–Crippen MR) is 161 cm³/mol. The molecule has 3 aromatic rings. The summed E-state index contributed by atoms with van der Waals surface area (Å²) in [6.45, 7) is 14.8. The molecule has 3 heterocycles. The third-order valence-corrected chi connectivity index (χ3v) is 6.90. The Balaban J connectivity index is 0.000000259. The lowest BCUT2D eigenvalue weighted by Gasteiger charge is -2.29. The van der Waals surface area contributed by atoms with Crippen LogP contribution in [0.2, 0.25) is 5.02 Å². The number of nitrogens with one attached hydrogen (secondary N) is 1. The van der Waals surface area contributed by atoms with Gasteiger partial charge in [0, 0.05) is 56.2 Å². The first kappa shape index (κ1) is 31.5. The van der Waals surface area contributed by atoms with Crippen LogP contribution in [0, 0.1) is 6.92 Å². The second kappa shape index (κ2) is 14.0. The van der Waals surface area contributed by atoms with Gasteiger partial charge in [0.2, 0.25) is 0 Å². The molecule has 2 N–H and O–H groups in total. The van der Waals surface area contributed by atoms with Crippen molar-refractivity contribution in [1.29, 1.82) is 0 Å². The van der Waals surface area contributed by atoms with Crippen molar-refractivity contribution in [3.8, 4) is 0 Å². The van der Waals surface area contributed by atoms with Gasteiger partial charge in [0.1, 0.15) is 17.0 Å². The maximum atomic E-state index is 11.4. The number of aryl methyl sites for hydroxylation is 1. The van der Waals surface area contributed by atoms with Gasteiger partial charge in [0.15, 0.2) is 0 Å². The number of aliphatic hydroxyl groups is 1. The molecule has 0 amide bonds. The zero-order valence-electron chi connectivity index (χ0n) is 24.4. The molecule has 1 aliphatic heterocycles. The molecule has 40 heavy (non-hydrogen) atoms. The topological polar surface area (TPSA) is 92.5 Å². The van der Waals surface area contributed by atoms with Gasteiger partial charge in [-0.15, -0.1) is 0 Å². The summed E-state index contributed by atoms with van der Waals surface area (Å²) < 4.78 is 6.51. The highest BCUT2D eigenvalue weighted by molar-refractivity contribution is 6.30. The zero-order chi connectivity index (χ0) is 29.3. The predicted octanol–water partition coefficient (Wildman–Crippen LogP) is 4.62. The highest BCUT2D eigenvalue weighted by atomic mass is 35.5. The Labute approximate surface area is 243 Å². The van der Waals surface area contributed by atoms with Gasteiger partial charge in [-0.25, -0.2) is 4.98 Å². The minimum absolute atomic E-state index is 0.318. The van der Waals surface area contributed by atoms with Gasteiger partial charge in [0.05, 0.1) is 12.2 Å². The maximum Gasteiger partial charge on any atom is 0.293 e. The molecule has 0 radical (unpaired) electrons. The van der Waals surface area contributed by atoms with Gasteiger partial charge in [-0.05, 0) is 88.2 Å². The van der Waals surface area contributed by atoms with Crippen molar-refractivity contribution in [2.75, 3.05) is 33.2 Å². The van der Waals surface area contributed by atoms with Crippen molar-refractivity contribution in [3.05, 3.63) is 82.2 Å². The molecule has 0 bridgehead atoms. The third kappa shape index (κ3) is 9.27. The molecule has 1 unspecified atom stereocenters. The van der Waals surface area contributed by atoms with E-state index in [-0.39, 0.29) is 5.60 Å². The Morgan fingerprint density at radius 3 is 2.40 bits per heavy atom. The summed E-state index contributed by atoms with van der Waals surface area (Å²) in [7, 11) is 2.15. The van der Waals surface area contributed by atoms with Crippen LogP contribution in [0.15, 0.2) is 48.9 Å².